The van der Waals surface area contributed by atoms with Crippen molar-refractivity contribution in [3.05, 3.63) is 15.9 Å². The van der Waals surface area contributed by atoms with E-state index in [1.54, 1.807) is 11.3 Å². The van der Waals surface area contributed by atoms with Gasteiger partial charge in [0.05, 0.1) is 8.66 Å². The molecule has 0 radical (unpaired) electrons. The van der Waals surface area contributed by atoms with Gasteiger partial charge in [0.15, 0.2) is 5.82 Å². The number of hydrogen-bond donors (Lipinski definition) is 2. The zero-order chi connectivity index (χ0) is 13.9. The van der Waals surface area contributed by atoms with Crippen LogP contribution in [-0.2, 0) is 0 Å². The molecule has 2 N–H and O–H groups in total. The van der Waals surface area contributed by atoms with Gasteiger partial charge in [-0.3, -0.25) is 5.10 Å². The van der Waals surface area contributed by atoms with Crippen LogP contribution in [0.3, 0.4) is 0 Å². The predicted molar refractivity (Wildman–Crippen MR) is 86.3 cm³/mol. The van der Waals surface area contributed by atoms with Crippen LogP contribution >= 0.6 is 27.3 Å². The van der Waals surface area contributed by atoms with Crippen LogP contribution in [0.2, 0.25) is 0 Å². The molecular formula is C13H18BrN5S. The highest BCUT2D eigenvalue weighted by molar-refractivity contribution is 9.11. The number of halogens is 1. The molecule has 1 aliphatic rings. The number of nitrogens with zero attached hydrogens (tertiary/aromatic N) is 3. The van der Waals surface area contributed by atoms with Crippen molar-refractivity contribution in [3.63, 3.8) is 0 Å². The van der Waals surface area contributed by atoms with Crippen molar-refractivity contribution < 1.29 is 0 Å². The van der Waals surface area contributed by atoms with Gasteiger partial charge in [0.25, 0.3) is 0 Å². The second kappa shape index (κ2) is 6.24. The van der Waals surface area contributed by atoms with Crippen molar-refractivity contribution in [3.8, 4) is 10.7 Å². The molecule has 1 saturated heterocycles. The maximum Gasteiger partial charge on any atom is 0.245 e. The normalized spacial score (nSPS) is 16.8. The maximum atomic E-state index is 4.62. The standard InChI is InChI=1S/C13H18BrN5S/c1-15-8-9-4-6-19(7-5-9)13-16-12(17-18-13)10-2-3-11(14)20-10/h2-3,9,15H,4-8H2,1H3,(H,16,17,18). The first kappa shape index (κ1) is 14.0. The molecule has 0 bridgehead atoms. The lowest BCUT2D eigenvalue weighted by molar-refractivity contribution is 0.391. The number of anilines is 1. The molecule has 5 nitrogen and oxygen atoms in total. The summed E-state index contributed by atoms with van der Waals surface area (Å²) in [6.07, 6.45) is 2.41. The molecule has 0 amide bonds. The van der Waals surface area contributed by atoms with Crippen LogP contribution in [0.15, 0.2) is 15.9 Å². The zero-order valence-electron chi connectivity index (χ0n) is 11.4. The lowest BCUT2D eigenvalue weighted by Gasteiger charge is -2.30. The molecule has 3 rings (SSSR count). The van der Waals surface area contributed by atoms with Crippen molar-refractivity contribution in [2.75, 3.05) is 31.6 Å². The van der Waals surface area contributed by atoms with Crippen LogP contribution in [0.1, 0.15) is 12.8 Å². The summed E-state index contributed by atoms with van der Waals surface area (Å²) in [6.45, 7) is 3.19. The van der Waals surface area contributed by atoms with Crippen LogP contribution in [0.5, 0.6) is 0 Å². The summed E-state index contributed by atoms with van der Waals surface area (Å²) in [5.74, 6) is 2.46. The van der Waals surface area contributed by atoms with Crippen molar-refractivity contribution in [2.45, 2.75) is 12.8 Å². The van der Waals surface area contributed by atoms with E-state index in [1.165, 1.54) is 12.8 Å². The Balaban J connectivity index is 1.66. The Labute approximate surface area is 130 Å². The topological polar surface area (TPSA) is 56.8 Å². The minimum absolute atomic E-state index is 0.780. The molecule has 20 heavy (non-hydrogen) atoms. The van der Waals surface area contributed by atoms with Crippen molar-refractivity contribution in [1.29, 1.82) is 0 Å². The third-order valence-electron chi connectivity index (χ3n) is 3.67. The summed E-state index contributed by atoms with van der Waals surface area (Å²) in [5, 5.41) is 10.7. The predicted octanol–water partition coefficient (Wildman–Crippen LogP) is 2.73. The number of H-pyrrole nitrogens is 1. The molecule has 2 aromatic rings. The fourth-order valence-corrected chi connectivity index (χ4v) is 3.90. The molecule has 3 heterocycles. The fourth-order valence-electron chi connectivity index (χ4n) is 2.57. The van der Waals surface area contributed by atoms with Crippen LogP contribution in [0.25, 0.3) is 10.7 Å². The van der Waals surface area contributed by atoms with Crippen molar-refractivity contribution in [1.82, 2.24) is 20.5 Å². The Bertz CT molecular complexity index is 559. The minimum atomic E-state index is 0.780. The second-order valence-corrected chi connectivity index (χ2v) is 7.54. The fraction of sp³-hybridized carbons (Fsp3) is 0.538. The molecule has 1 aliphatic heterocycles. The van der Waals surface area contributed by atoms with E-state index in [-0.39, 0.29) is 0 Å². The van der Waals surface area contributed by atoms with E-state index in [4.69, 9.17) is 0 Å². The average Bonchev–Trinajstić information content (AvgIpc) is 3.09. The molecule has 0 saturated carbocycles. The Kier molecular flexibility index (Phi) is 4.38. The number of nitrogens with one attached hydrogen (secondary N) is 2. The van der Waals surface area contributed by atoms with Crippen molar-refractivity contribution >= 4 is 33.2 Å². The summed E-state index contributed by atoms with van der Waals surface area (Å²) in [6, 6.07) is 4.09. The molecule has 2 aromatic heterocycles. The Morgan fingerprint density at radius 2 is 2.25 bits per heavy atom. The molecule has 0 unspecified atom stereocenters. The largest absolute Gasteiger partial charge is 0.340 e. The van der Waals surface area contributed by atoms with Crippen LogP contribution in [-0.4, -0.2) is 41.9 Å². The van der Waals surface area contributed by atoms with Gasteiger partial charge >= 0.3 is 0 Å². The highest BCUT2D eigenvalue weighted by Crippen LogP contribution is 2.30. The Morgan fingerprint density at radius 1 is 1.45 bits per heavy atom. The monoisotopic (exact) mass is 355 g/mol. The van der Waals surface area contributed by atoms with E-state index in [1.807, 2.05) is 13.1 Å². The van der Waals surface area contributed by atoms with E-state index in [2.05, 4.69) is 47.4 Å². The summed E-state index contributed by atoms with van der Waals surface area (Å²) >= 11 is 5.14. The van der Waals surface area contributed by atoms with Gasteiger partial charge in [0.2, 0.25) is 5.95 Å². The molecule has 0 aromatic carbocycles. The molecule has 108 valence electrons. The smallest absolute Gasteiger partial charge is 0.245 e. The highest BCUT2D eigenvalue weighted by Gasteiger charge is 2.21. The quantitative estimate of drug-likeness (QED) is 0.885. The molecular weight excluding hydrogens is 338 g/mol. The van der Waals surface area contributed by atoms with Gasteiger partial charge in [-0.25, -0.2) is 0 Å². The average molecular weight is 356 g/mol. The molecule has 7 heteroatoms. The van der Waals surface area contributed by atoms with Crippen LogP contribution in [0, 0.1) is 5.92 Å². The van der Waals surface area contributed by atoms with Gasteiger partial charge in [-0.2, -0.15) is 4.98 Å². The maximum absolute atomic E-state index is 4.62. The summed E-state index contributed by atoms with van der Waals surface area (Å²) in [5.41, 5.74) is 0. The number of aromatic amines is 1. The second-order valence-electron chi connectivity index (χ2n) is 5.08. The summed E-state index contributed by atoms with van der Waals surface area (Å²) < 4.78 is 1.11. The van der Waals surface area contributed by atoms with Gasteiger partial charge < -0.3 is 10.2 Å². The van der Waals surface area contributed by atoms with Gasteiger partial charge in [-0.05, 0) is 60.4 Å². The molecule has 0 aliphatic carbocycles. The summed E-state index contributed by atoms with van der Waals surface area (Å²) in [4.78, 5) is 8.01. The lowest BCUT2D eigenvalue weighted by Crippen LogP contribution is -2.37. The Morgan fingerprint density at radius 3 is 2.90 bits per heavy atom. The van der Waals surface area contributed by atoms with Crippen LogP contribution in [0.4, 0.5) is 5.95 Å². The molecule has 1 fully saturated rings. The van der Waals surface area contributed by atoms with Gasteiger partial charge in [0, 0.05) is 13.1 Å². The number of rotatable bonds is 4. The van der Waals surface area contributed by atoms with E-state index < -0.39 is 0 Å². The number of hydrogen-bond acceptors (Lipinski definition) is 5. The number of thiophene rings is 1. The van der Waals surface area contributed by atoms with Crippen LogP contribution < -0.4 is 10.2 Å². The SMILES string of the molecule is CNCC1CCN(c2n[nH]c(-c3ccc(Br)s3)n2)CC1. The minimum Gasteiger partial charge on any atom is -0.340 e. The molecule has 0 atom stereocenters. The van der Waals surface area contributed by atoms with Gasteiger partial charge in [0.1, 0.15) is 0 Å². The third kappa shape index (κ3) is 3.05. The van der Waals surface area contributed by atoms with E-state index >= 15 is 0 Å². The first-order valence-corrected chi connectivity index (χ1v) is 8.45. The van der Waals surface area contributed by atoms with Crippen molar-refractivity contribution in [2.24, 2.45) is 5.92 Å². The zero-order valence-corrected chi connectivity index (χ0v) is 13.8. The first-order chi connectivity index (χ1) is 9.76. The van der Waals surface area contributed by atoms with E-state index in [0.29, 0.717) is 0 Å². The first-order valence-electron chi connectivity index (χ1n) is 6.84. The third-order valence-corrected chi connectivity index (χ3v) is 5.30. The number of aromatic nitrogens is 3. The highest BCUT2D eigenvalue weighted by atomic mass is 79.9. The number of piperidine rings is 1. The Hall–Kier alpha value is -0.920. The van der Waals surface area contributed by atoms with E-state index in [0.717, 1.165) is 46.0 Å². The molecule has 0 spiro atoms. The van der Waals surface area contributed by atoms with E-state index in [9.17, 15) is 0 Å². The lowest BCUT2D eigenvalue weighted by atomic mass is 9.97. The van der Waals surface area contributed by atoms with Gasteiger partial charge in [-0.15, -0.1) is 16.4 Å². The van der Waals surface area contributed by atoms with Gasteiger partial charge in [-0.1, -0.05) is 0 Å². The summed E-state index contributed by atoms with van der Waals surface area (Å²) in [7, 11) is 2.02.